The number of carbonyl (C=O) groups is 1. The zero-order valence-corrected chi connectivity index (χ0v) is 10.9. The number of aromatic nitrogens is 3. The van der Waals surface area contributed by atoms with Crippen LogP contribution >= 0.6 is 0 Å². The Morgan fingerprint density at radius 1 is 1.37 bits per heavy atom. The molecule has 106 valence electrons. The maximum Gasteiger partial charge on any atom is 0.323 e. The second-order valence-corrected chi connectivity index (χ2v) is 3.91. The summed E-state index contributed by atoms with van der Waals surface area (Å²) in [5, 5.41) is 2.87. The van der Waals surface area contributed by atoms with Gasteiger partial charge in [-0.2, -0.15) is 15.0 Å². The highest BCUT2D eigenvalue weighted by molar-refractivity contribution is 5.74. The summed E-state index contributed by atoms with van der Waals surface area (Å²) >= 11 is 0. The van der Waals surface area contributed by atoms with Gasteiger partial charge in [0, 0.05) is 6.54 Å². The third-order valence-electron chi connectivity index (χ3n) is 1.75. The van der Waals surface area contributed by atoms with Gasteiger partial charge in [-0.1, -0.05) is 0 Å². The summed E-state index contributed by atoms with van der Waals surface area (Å²) in [4.78, 5) is 22.2. The molecule has 0 aliphatic heterocycles. The molecule has 0 atom stereocenters. The lowest BCUT2D eigenvalue weighted by Gasteiger charge is -2.10. The Kier molecular flexibility index (Phi) is 5.73. The second kappa shape index (κ2) is 7.31. The number of nitrogens with one attached hydrogen (secondary N) is 1. The van der Waals surface area contributed by atoms with E-state index in [1.54, 1.807) is 0 Å². The molecular formula is C10H18N6O3. The molecule has 0 bridgehead atoms. The van der Waals surface area contributed by atoms with Gasteiger partial charge in [-0.25, -0.2) is 0 Å². The molecule has 0 aromatic carbocycles. The van der Waals surface area contributed by atoms with Crippen LogP contribution in [0.15, 0.2) is 0 Å². The topological polar surface area (TPSA) is 138 Å². The van der Waals surface area contributed by atoms with Crippen LogP contribution in [0.25, 0.3) is 0 Å². The van der Waals surface area contributed by atoms with Crippen molar-refractivity contribution in [2.24, 2.45) is 5.73 Å². The van der Waals surface area contributed by atoms with Crippen molar-refractivity contribution in [3.05, 3.63) is 0 Å². The van der Waals surface area contributed by atoms with Crippen LogP contribution in [0.3, 0.4) is 0 Å². The average molecular weight is 270 g/mol. The van der Waals surface area contributed by atoms with E-state index in [1.807, 2.05) is 13.8 Å². The highest BCUT2D eigenvalue weighted by Gasteiger charge is 2.06. The maximum absolute atomic E-state index is 10.4. The number of ether oxygens (including phenoxy) is 2. The largest absolute Gasteiger partial charge is 0.461 e. The summed E-state index contributed by atoms with van der Waals surface area (Å²) in [6, 6.07) is 0.156. The van der Waals surface area contributed by atoms with E-state index in [0.29, 0.717) is 6.54 Å². The van der Waals surface area contributed by atoms with Gasteiger partial charge < -0.3 is 26.3 Å². The van der Waals surface area contributed by atoms with Crippen molar-refractivity contribution in [1.82, 2.24) is 15.0 Å². The van der Waals surface area contributed by atoms with Crippen LogP contribution in [0.4, 0.5) is 11.9 Å². The first-order chi connectivity index (χ1) is 8.97. The Morgan fingerprint density at radius 3 is 2.74 bits per heavy atom. The molecule has 1 aromatic rings. The average Bonchev–Trinajstić information content (AvgIpc) is 2.26. The van der Waals surface area contributed by atoms with E-state index in [2.05, 4.69) is 20.3 Å². The molecule has 1 aromatic heterocycles. The molecule has 5 N–H and O–H groups in total. The first-order valence-corrected chi connectivity index (χ1v) is 5.75. The Labute approximate surface area is 110 Å². The Bertz CT molecular complexity index is 426. The number of hydrogen-bond donors (Lipinski definition) is 3. The standard InChI is InChI=1S/C10H18N6O3/c1-6(2)19-10-15-8(12)14-9(16-10)13-3-4-18-5-7(11)17/h6H,3-5H2,1-2H3,(H2,11,17)(H3,12,13,14,15,16). The van der Waals surface area contributed by atoms with E-state index in [0.717, 1.165) is 0 Å². The molecule has 1 amide bonds. The second-order valence-electron chi connectivity index (χ2n) is 3.91. The van der Waals surface area contributed by atoms with Crippen molar-refractivity contribution in [3.63, 3.8) is 0 Å². The molecule has 0 fully saturated rings. The Hall–Kier alpha value is -2.16. The fourth-order valence-corrected chi connectivity index (χ4v) is 1.12. The Morgan fingerprint density at radius 2 is 2.11 bits per heavy atom. The van der Waals surface area contributed by atoms with E-state index in [4.69, 9.17) is 20.9 Å². The van der Waals surface area contributed by atoms with Crippen molar-refractivity contribution >= 4 is 17.8 Å². The smallest absolute Gasteiger partial charge is 0.323 e. The number of carbonyl (C=O) groups excluding carboxylic acids is 1. The highest BCUT2D eigenvalue weighted by Crippen LogP contribution is 2.09. The summed E-state index contributed by atoms with van der Waals surface area (Å²) in [7, 11) is 0. The first kappa shape index (κ1) is 14.9. The van der Waals surface area contributed by atoms with Crippen LogP contribution in [-0.4, -0.2) is 46.7 Å². The zero-order valence-electron chi connectivity index (χ0n) is 10.9. The normalized spacial score (nSPS) is 10.5. The van der Waals surface area contributed by atoms with Crippen molar-refractivity contribution < 1.29 is 14.3 Å². The van der Waals surface area contributed by atoms with Gasteiger partial charge in [0.1, 0.15) is 6.61 Å². The fraction of sp³-hybridized carbons (Fsp3) is 0.600. The predicted octanol–water partition coefficient (Wildman–Crippen LogP) is -0.845. The summed E-state index contributed by atoms with van der Waals surface area (Å²) < 4.78 is 10.3. The van der Waals surface area contributed by atoms with Gasteiger partial charge in [0.15, 0.2) is 0 Å². The number of nitrogens with two attached hydrogens (primary N) is 2. The molecule has 9 heteroatoms. The maximum atomic E-state index is 10.4. The lowest BCUT2D eigenvalue weighted by molar-refractivity contribution is -0.122. The number of nitrogens with zero attached hydrogens (tertiary/aromatic N) is 3. The van der Waals surface area contributed by atoms with Crippen molar-refractivity contribution in [1.29, 1.82) is 0 Å². The molecule has 0 aliphatic rings. The number of rotatable bonds is 8. The third-order valence-corrected chi connectivity index (χ3v) is 1.75. The molecule has 0 unspecified atom stereocenters. The van der Waals surface area contributed by atoms with Gasteiger partial charge in [-0.05, 0) is 13.8 Å². The molecule has 0 spiro atoms. The van der Waals surface area contributed by atoms with Gasteiger partial charge >= 0.3 is 6.01 Å². The minimum absolute atomic E-state index is 0.0613. The molecule has 1 rings (SSSR count). The Balaban J connectivity index is 2.44. The highest BCUT2D eigenvalue weighted by atomic mass is 16.5. The predicted molar refractivity (Wildman–Crippen MR) is 68.5 cm³/mol. The van der Waals surface area contributed by atoms with Gasteiger partial charge in [-0.15, -0.1) is 0 Å². The van der Waals surface area contributed by atoms with Crippen molar-refractivity contribution in [2.75, 3.05) is 30.8 Å². The van der Waals surface area contributed by atoms with Crippen LogP contribution < -0.4 is 21.5 Å². The van der Waals surface area contributed by atoms with E-state index < -0.39 is 5.91 Å². The van der Waals surface area contributed by atoms with Crippen LogP contribution in [0, 0.1) is 0 Å². The van der Waals surface area contributed by atoms with Gasteiger partial charge in [-0.3, -0.25) is 4.79 Å². The van der Waals surface area contributed by atoms with Gasteiger partial charge in [0.2, 0.25) is 17.8 Å². The molecule has 0 aliphatic carbocycles. The van der Waals surface area contributed by atoms with E-state index >= 15 is 0 Å². The zero-order chi connectivity index (χ0) is 14.3. The number of primary amides is 1. The SMILES string of the molecule is CC(C)Oc1nc(N)nc(NCCOCC(N)=O)n1. The summed E-state index contributed by atoms with van der Waals surface area (Å²) in [6.45, 7) is 4.27. The summed E-state index contributed by atoms with van der Waals surface area (Å²) in [6.07, 6.45) is -0.0615. The summed E-state index contributed by atoms with van der Waals surface area (Å²) in [5.41, 5.74) is 10.5. The molecule has 19 heavy (non-hydrogen) atoms. The van der Waals surface area contributed by atoms with Gasteiger partial charge in [0.25, 0.3) is 0 Å². The monoisotopic (exact) mass is 270 g/mol. The third kappa shape index (κ3) is 6.36. The van der Waals surface area contributed by atoms with E-state index in [9.17, 15) is 4.79 Å². The minimum Gasteiger partial charge on any atom is -0.461 e. The van der Waals surface area contributed by atoms with Gasteiger partial charge in [0.05, 0.1) is 12.7 Å². The summed E-state index contributed by atoms with van der Waals surface area (Å²) in [5.74, 6) is -0.172. The first-order valence-electron chi connectivity index (χ1n) is 5.75. The molecule has 0 saturated heterocycles. The van der Waals surface area contributed by atoms with E-state index in [-0.39, 0.29) is 37.2 Å². The quantitative estimate of drug-likeness (QED) is 0.519. The number of amides is 1. The van der Waals surface area contributed by atoms with Crippen LogP contribution in [0.2, 0.25) is 0 Å². The van der Waals surface area contributed by atoms with E-state index in [1.165, 1.54) is 0 Å². The lowest BCUT2D eigenvalue weighted by Crippen LogP contribution is -2.21. The van der Waals surface area contributed by atoms with Crippen LogP contribution in [0.1, 0.15) is 13.8 Å². The molecule has 9 nitrogen and oxygen atoms in total. The number of hydrogen-bond acceptors (Lipinski definition) is 8. The minimum atomic E-state index is -0.517. The fourth-order valence-electron chi connectivity index (χ4n) is 1.12. The van der Waals surface area contributed by atoms with Crippen LogP contribution in [0.5, 0.6) is 6.01 Å². The molecule has 1 heterocycles. The number of nitrogen functional groups attached to an aromatic ring is 1. The van der Waals surface area contributed by atoms with Crippen molar-refractivity contribution in [2.45, 2.75) is 20.0 Å². The lowest BCUT2D eigenvalue weighted by atomic mass is 10.5. The molecule has 0 radical (unpaired) electrons. The number of anilines is 2. The molecule has 0 saturated carbocycles. The van der Waals surface area contributed by atoms with Crippen molar-refractivity contribution in [3.8, 4) is 6.01 Å². The van der Waals surface area contributed by atoms with Crippen LogP contribution in [-0.2, 0) is 9.53 Å². The molecular weight excluding hydrogens is 252 g/mol.